The highest BCUT2D eigenvalue weighted by atomic mass is 16.2. The molecule has 0 radical (unpaired) electrons. The third-order valence-corrected chi connectivity index (χ3v) is 6.83. The lowest BCUT2D eigenvalue weighted by atomic mass is 9.85. The number of carbonyl (C=O) groups is 3. The van der Waals surface area contributed by atoms with Crippen molar-refractivity contribution in [1.82, 2.24) is 20.9 Å². The second-order valence-corrected chi connectivity index (χ2v) is 10.5. The molecule has 0 spiro atoms. The Morgan fingerprint density at radius 2 is 1.88 bits per heavy atom. The van der Waals surface area contributed by atoms with Crippen LogP contribution in [0, 0.1) is 5.41 Å². The van der Waals surface area contributed by atoms with Gasteiger partial charge in [0.1, 0.15) is 12.1 Å². The molecule has 8 nitrogen and oxygen atoms in total. The van der Waals surface area contributed by atoms with E-state index in [0.717, 1.165) is 24.8 Å². The average Bonchev–Trinajstić information content (AvgIpc) is 3.17. The molecule has 3 amide bonds. The zero-order valence-corrected chi connectivity index (χ0v) is 20.5. The highest BCUT2D eigenvalue weighted by Crippen LogP contribution is 2.31. The third kappa shape index (κ3) is 5.73. The molecular weight excluding hydrogens is 418 g/mol. The van der Waals surface area contributed by atoms with Gasteiger partial charge in [-0.3, -0.25) is 14.4 Å². The number of nitrogens with one attached hydrogen (secondary N) is 3. The standard InChI is InChI=1S/C25H39N5O3/c1-15(27-5)22(31)29-21(25(2,3)4)24(33)30-14-17(26)13-20(30)23(32)28-19-12-8-10-16-9-6-7-11-18(16)19/h6-7,9,11,15,17,19-21,27H,8,10,12-14,26H2,1-5H3,(H,28,32)(H,29,31)/t15-,17-,19?,20-,21+/m0/s1. The van der Waals surface area contributed by atoms with Crippen molar-refractivity contribution >= 4 is 17.7 Å². The van der Waals surface area contributed by atoms with E-state index in [1.54, 1.807) is 18.9 Å². The molecule has 5 N–H and O–H groups in total. The molecule has 1 unspecified atom stereocenters. The van der Waals surface area contributed by atoms with E-state index in [2.05, 4.69) is 28.1 Å². The number of nitrogens with zero attached hydrogens (tertiary/aromatic N) is 1. The van der Waals surface area contributed by atoms with Gasteiger partial charge in [0.05, 0.1) is 12.1 Å². The van der Waals surface area contributed by atoms with Crippen LogP contribution in [0.15, 0.2) is 24.3 Å². The molecule has 0 saturated carbocycles. The van der Waals surface area contributed by atoms with Crippen LogP contribution in [-0.4, -0.2) is 60.4 Å². The van der Waals surface area contributed by atoms with E-state index in [9.17, 15) is 14.4 Å². The van der Waals surface area contributed by atoms with E-state index < -0.39 is 23.5 Å². The van der Waals surface area contributed by atoms with Crippen LogP contribution < -0.4 is 21.7 Å². The predicted molar refractivity (Wildman–Crippen MR) is 128 cm³/mol. The fourth-order valence-corrected chi connectivity index (χ4v) is 4.75. The van der Waals surface area contributed by atoms with E-state index in [-0.39, 0.29) is 29.8 Å². The molecule has 1 aromatic rings. The molecule has 8 heteroatoms. The molecular formula is C25H39N5O3. The van der Waals surface area contributed by atoms with Crippen LogP contribution in [0.25, 0.3) is 0 Å². The number of nitrogens with two attached hydrogens (primary N) is 1. The first-order valence-electron chi connectivity index (χ1n) is 11.9. The Hall–Kier alpha value is -2.45. The van der Waals surface area contributed by atoms with E-state index in [4.69, 9.17) is 5.73 Å². The van der Waals surface area contributed by atoms with Gasteiger partial charge < -0.3 is 26.6 Å². The number of carbonyl (C=O) groups excluding carboxylic acids is 3. The summed E-state index contributed by atoms with van der Waals surface area (Å²) in [5.74, 6) is -0.703. The highest BCUT2D eigenvalue weighted by molar-refractivity contribution is 5.94. The Labute approximate surface area is 197 Å². The summed E-state index contributed by atoms with van der Waals surface area (Å²) in [4.78, 5) is 41.1. The maximum atomic E-state index is 13.6. The van der Waals surface area contributed by atoms with Crippen LogP contribution in [0.4, 0.5) is 0 Å². The molecule has 182 valence electrons. The lowest BCUT2D eigenvalue weighted by Gasteiger charge is -2.36. The fourth-order valence-electron chi connectivity index (χ4n) is 4.75. The van der Waals surface area contributed by atoms with Gasteiger partial charge in [-0.2, -0.15) is 0 Å². The van der Waals surface area contributed by atoms with Crippen molar-refractivity contribution in [2.75, 3.05) is 13.6 Å². The van der Waals surface area contributed by atoms with Crippen molar-refractivity contribution in [3.63, 3.8) is 0 Å². The minimum absolute atomic E-state index is 0.0641. The molecule has 3 rings (SSSR count). The number of likely N-dealkylation sites (N-methyl/N-ethyl adjacent to an activating group) is 1. The summed E-state index contributed by atoms with van der Waals surface area (Å²) < 4.78 is 0. The van der Waals surface area contributed by atoms with Crippen LogP contribution in [0.1, 0.15) is 64.1 Å². The molecule has 1 aromatic carbocycles. The van der Waals surface area contributed by atoms with Gasteiger partial charge in [-0.15, -0.1) is 0 Å². The minimum Gasteiger partial charge on any atom is -0.347 e. The van der Waals surface area contributed by atoms with Gasteiger partial charge in [-0.05, 0) is 56.2 Å². The van der Waals surface area contributed by atoms with Gasteiger partial charge >= 0.3 is 0 Å². The minimum atomic E-state index is -0.767. The molecule has 33 heavy (non-hydrogen) atoms. The second-order valence-electron chi connectivity index (χ2n) is 10.5. The number of aryl methyl sites for hydroxylation is 1. The Kier molecular flexibility index (Phi) is 7.80. The van der Waals surface area contributed by atoms with Gasteiger partial charge in [0.25, 0.3) is 0 Å². The lowest BCUT2D eigenvalue weighted by molar-refractivity contribution is -0.144. The number of rotatable bonds is 6. The van der Waals surface area contributed by atoms with Crippen molar-refractivity contribution < 1.29 is 14.4 Å². The maximum absolute atomic E-state index is 13.6. The summed E-state index contributed by atoms with van der Waals surface area (Å²) >= 11 is 0. The lowest BCUT2D eigenvalue weighted by Crippen LogP contribution is -2.59. The molecule has 0 aromatic heterocycles. The SMILES string of the molecule is CN[C@@H](C)C(=O)N[C@H](C(=O)N1C[C@@H](N)C[C@H]1C(=O)NC1CCCc2ccccc21)C(C)(C)C. The van der Waals surface area contributed by atoms with Crippen molar-refractivity contribution in [2.24, 2.45) is 11.1 Å². The summed E-state index contributed by atoms with van der Waals surface area (Å²) in [6, 6.07) is 5.99. The Morgan fingerprint density at radius 1 is 1.18 bits per heavy atom. The Morgan fingerprint density at radius 3 is 2.55 bits per heavy atom. The van der Waals surface area contributed by atoms with Gasteiger partial charge in [-0.25, -0.2) is 0 Å². The summed E-state index contributed by atoms with van der Waals surface area (Å²) in [6.45, 7) is 7.75. The first-order valence-corrected chi connectivity index (χ1v) is 11.9. The quantitative estimate of drug-likeness (QED) is 0.513. The molecule has 1 heterocycles. The maximum Gasteiger partial charge on any atom is 0.246 e. The van der Waals surface area contributed by atoms with Crippen molar-refractivity contribution in [3.8, 4) is 0 Å². The summed E-state index contributed by atoms with van der Waals surface area (Å²) in [7, 11) is 1.70. The smallest absolute Gasteiger partial charge is 0.246 e. The first-order chi connectivity index (χ1) is 15.5. The summed E-state index contributed by atoms with van der Waals surface area (Å²) in [5, 5.41) is 8.97. The molecule has 1 aliphatic heterocycles. The largest absolute Gasteiger partial charge is 0.347 e. The van der Waals surface area contributed by atoms with Gasteiger partial charge in [0.2, 0.25) is 17.7 Å². The Bertz CT molecular complexity index is 881. The van der Waals surface area contributed by atoms with E-state index in [1.165, 1.54) is 5.56 Å². The Balaban J connectivity index is 1.78. The van der Waals surface area contributed by atoms with Crippen LogP contribution in [-0.2, 0) is 20.8 Å². The summed E-state index contributed by atoms with van der Waals surface area (Å²) in [5.41, 5.74) is 8.09. The molecule has 1 saturated heterocycles. The van der Waals surface area contributed by atoms with Crippen LogP contribution in [0.5, 0.6) is 0 Å². The van der Waals surface area contributed by atoms with Crippen molar-refractivity contribution in [1.29, 1.82) is 0 Å². The molecule has 5 atom stereocenters. The van der Waals surface area contributed by atoms with Gasteiger partial charge in [0.15, 0.2) is 0 Å². The zero-order chi connectivity index (χ0) is 24.3. The monoisotopic (exact) mass is 457 g/mol. The van der Waals surface area contributed by atoms with E-state index in [0.29, 0.717) is 13.0 Å². The zero-order valence-electron chi connectivity index (χ0n) is 20.5. The topological polar surface area (TPSA) is 117 Å². The van der Waals surface area contributed by atoms with Crippen LogP contribution in [0.3, 0.4) is 0 Å². The molecule has 1 fully saturated rings. The first kappa shape index (κ1) is 25.2. The molecule has 0 bridgehead atoms. The van der Waals surface area contributed by atoms with Crippen molar-refractivity contribution in [2.45, 2.75) is 83.6 Å². The molecule has 2 aliphatic rings. The van der Waals surface area contributed by atoms with Gasteiger partial charge in [0, 0.05) is 12.6 Å². The normalized spacial score (nSPS) is 24.5. The number of amides is 3. The number of fused-ring (bicyclic) bond motifs is 1. The van der Waals surface area contributed by atoms with E-state index in [1.807, 2.05) is 32.9 Å². The third-order valence-electron chi connectivity index (χ3n) is 6.83. The van der Waals surface area contributed by atoms with Crippen molar-refractivity contribution in [3.05, 3.63) is 35.4 Å². The number of benzene rings is 1. The number of hydrogen-bond acceptors (Lipinski definition) is 5. The van der Waals surface area contributed by atoms with E-state index >= 15 is 0 Å². The molecule has 1 aliphatic carbocycles. The fraction of sp³-hybridized carbons (Fsp3) is 0.640. The predicted octanol–water partition coefficient (Wildman–Crippen LogP) is 1.25. The number of hydrogen-bond donors (Lipinski definition) is 4. The second kappa shape index (κ2) is 10.2. The highest BCUT2D eigenvalue weighted by Gasteiger charge is 2.44. The summed E-state index contributed by atoms with van der Waals surface area (Å²) in [6.07, 6.45) is 3.30. The number of likely N-dealkylation sites (tertiary alicyclic amines) is 1. The van der Waals surface area contributed by atoms with Gasteiger partial charge in [-0.1, -0.05) is 45.0 Å². The average molecular weight is 458 g/mol. The van der Waals surface area contributed by atoms with Crippen LogP contribution in [0.2, 0.25) is 0 Å². The van der Waals surface area contributed by atoms with Crippen LogP contribution >= 0.6 is 0 Å².